The number of benzene rings is 2. The molecule has 3 aliphatic heterocycles. The van der Waals surface area contributed by atoms with Crippen LogP contribution in [0.4, 0.5) is 4.39 Å². The van der Waals surface area contributed by atoms with Gasteiger partial charge in [-0.3, -0.25) is 28.9 Å². The smallest absolute Gasteiger partial charge is 0.272 e. The number of nitrogens with one attached hydrogen (secondary N) is 2. The summed E-state index contributed by atoms with van der Waals surface area (Å²) in [4.78, 5) is 73.0. The van der Waals surface area contributed by atoms with Crippen LogP contribution in [0.1, 0.15) is 92.2 Å². The fourth-order valence-corrected chi connectivity index (χ4v) is 9.32. The molecule has 0 bridgehead atoms. The first-order valence-corrected chi connectivity index (χ1v) is 21.5. The summed E-state index contributed by atoms with van der Waals surface area (Å²) < 4.78 is 21.6. The molecule has 2 saturated carbocycles. The average molecular weight is 798 g/mol. The highest BCUT2D eigenvalue weighted by molar-refractivity contribution is 5.95. The van der Waals surface area contributed by atoms with E-state index in [2.05, 4.69) is 20.4 Å². The molecule has 5 aliphatic rings. The normalized spacial score (nSPS) is 20.9. The molecule has 1 atom stereocenters. The van der Waals surface area contributed by atoms with Gasteiger partial charge in [-0.25, -0.2) is 9.49 Å². The van der Waals surface area contributed by atoms with Crippen molar-refractivity contribution < 1.29 is 28.3 Å². The summed E-state index contributed by atoms with van der Waals surface area (Å²) in [6.45, 7) is 4.52. The van der Waals surface area contributed by atoms with Gasteiger partial charge in [-0.1, -0.05) is 43.5 Å². The van der Waals surface area contributed by atoms with Crippen molar-refractivity contribution in [3.63, 3.8) is 0 Å². The zero-order valence-electron chi connectivity index (χ0n) is 33.3. The summed E-state index contributed by atoms with van der Waals surface area (Å²) >= 11 is 0. The Morgan fingerprint density at radius 2 is 1.43 bits per heavy atom. The minimum absolute atomic E-state index is 0.0208. The second-order valence-electron chi connectivity index (χ2n) is 17.0. The first-order chi connectivity index (χ1) is 28.2. The van der Waals surface area contributed by atoms with Crippen molar-refractivity contribution in [1.29, 1.82) is 0 Å². The number of halogens is 1. The number of piperazine rings is 1. The third-order valence-corrected chi connectivity index (χ3v) is 13.0. The van der Waals surface area contributed by atoms with Crippen molar-refractivity contribution in [2.24, 2.45) is 11.8 Å². The molecule has 14 heteroatoms. The summed E-state index contributed by atoms with van der Waals surface area (Å²) in [6, 6.07) is 11.2. The number of rotatable bonds is 11. The Balaban J connectivity index is 0.757. The van der Waals surface area contributed by atoms with Crippen LogP contribution in [0, 0.1) is 17.7 Å². The fourth-order valence-electron chi connectivity index (χ4n) is 9.32. The topological polar surface area (TPSA) is 148 Å². The van der Waals surface area contributed by atoms with Crippen molar-refractivity contribution in [2.75, 3.05) is 58.9 Å². The molecule has 4 amide bonds. The van der Waals surface area contributed by atoms with E-state index in [1.165, 1.54) is 12.5 Å². The van der Waals surface area contributed by atoms with Gasteiger partial charge in [-0.15, -0.1) is 0 Å². The molecule has 0 radical (unpaired) electrons. The number of fused-ring (bicyclic) bond motifs is 1. The summed E-state index contributed by atoms with van der Waals surface area (Å²) in [7, 11) is 0. The van der Waals surface area contributed by atoms with Crippen molar-refractivity contribution in [3.05, 3.63) is 75.5 Å². The summed E-state index contributed by atoms with van der Waals surface area (Å²) in [5.74, 6) is -0.545. The molecule has 2 aromatic carbocycles. The highest BCUT2D eigenvalue weighted by Crippen LogP contribution is 2.32. The Bertz CT molecular complexity index is 2030. The molecule has 2 N–H and O–H groups in total. The zero-order valence-corrected chi connectivity index (χ0v) is 33.3. The van der Waals surface area contributed by atoms with Gasteiger partial charge in [0.05, 0.1) is 35.4 Å². The molecule has 8 rings (SSSR count). The Labute approximate surface area is 338 Å². The predicted molar refractivity (Wildman–Crippen MR) is 215 cm³/mol. The van der Waals surface area contributed by atoms with Crippen molar-refractivity contribution in [3.8, 4) is 0 Å². The molecule has 58 heavy (non-hydrogen) atoms. The Kier molecular flexibility index (Phi) is 12.5. The Morgan fingerprint density at radius 3 is 2.12 bits per heavy atom. The first kappa shape index (κ1) is 40.1. The van der Waals surface area contributed by atoms with Crippen molar-refractivity contribution in [1.82, 2.24) is 35.1 Å². The third kappa shape index (κ3) is 9.44. The van der Waals surface area contributed by atoms with Crippen LogP contribution in [0.25, 0.3) is 10.8 Å². The summed E-state index contributed by atoms with van der Waals surface area (Å²) in [5, 5.41) is 11.1. The Hall–Kier alpha value is -4.69. The van der Waals surface area contributed by atoms with E-state index >= 15 is 4.39 Å². The van der Waals surface area contributed by atoms with Gasteiger partial charge in [-0.05, 0) is 81.0 Å². The quantitative estimate of drug-likeness (QED) is 0.297. The molecular formula is C44H56FN7O6. The van der Waals surface area contributed by atoms with Gasteiger partial charge in [0, 0.05) is 70.1 Å². The number of carbonyl (C=O) groups is 4. The number of piperidine rings is 2. The molecule has 5 fully saturated rings. The monoisotopic (exact) mass is 797 g/mol. The van der Waals surface area contributed by atoms with Crippen molar-refractivity contribution >= 4 is 34.4 Å². The third-order valence-electron chi connectivity index (χ3n) is 13.0. The highest BCUT2D eigenvalue weighted by Gasteiger charge is 2.39. The molecule has 1 aromatic heterocycles. The van der Waals surface area contributed by atoms with E-state index in [1.807, 2.05) is 17.0 Å². The summed E-state index contributed by atoms with van der Waals surface area (Å²) in [5.41, 5.74) is 1.03. The lowest BCUT2D eigenvalue weighted by molar-refractivity contribution is -0.142. The number of carbonyl (C=O) groups excluding carboxylic acids is 4. The minimum Gasteiger partial charge on any atom is -0.375 e. The number of hydrogen-bond donors (Lipinski definition) is 2. The number of likely N-dealkylation sites (tertiary alicyclic amines) is 2. The van der Waals surface area contributed by atoms with Gasteiger partial charge in [0.25, 0.3) is 11.5 Å². The maximum atomic E-state index is 15.0. The molecule has 3 saturated heterocycles. The minimum atomic E-state index is -0.604. The fraction of sp³-hybridized carbons (Fsp3) is 0.591. The van der Waals surface area contributed by atoms with Crippen LogP contribution in [0.5, 0.6) is 0 Å². The molecule has 310 valence electrons. The molecular weight excluding hydrogens is 742 g/mol. The number of ether oxygens (including phenoxy) is 1. The van der Waals surface area contributed by atoms with Crippen LogP contribution < -0.4 is 10.9 Å². The van der Waals surface area contributed by atoms with Gasteiger partial charge in [0.1, 0.15) is 11.9 Å². The molecule has 0 unspecified atom stereocenters. The van der Waals surface area contributed by atoms with Crippen molar-refractivity contribution in [2.45, 2.75) is 95.3 Å². The van der Waals surface area contributed by atoms with Crippen LogP contribution >= 0.6 is 0 Å². The lowest BCUT2D eigenvalue weighted by Gasteiger charge is -2.40. The number of aromatic nitrogens is 2. The van der Waals surface area contributed by atoms with E-state index in [0.717, 1.165) is 77.3 Å². The number of H-pyrrole nitrogens is 1. The van der Waals surface area contributed by atoms with Gasteiger partial charge in [-0.2, -0.15) is 5.10 Å². The first-order valence-electron chi connectivity index (χ1n) is 21.5. The predicted octanol–water partition coefficient (Wildman–Crippen LogP) is 3.88. The second kappa shape index (κ2) is 18.1. The van der Waals surface area contributed by atoms with Gasteiger partial charge < -0.3 is 24.8 Å². The molecule has 0 spiro atoms. The van der Waals surface area contributed by atoms with E-state index < -0.39 is 17.8 Å². The van der Waals surface area contributed by atoms with Gasteiger partial charge in [0.2, 0.25) is 17.7 Å². The van der Waals surface area contributed by atoms with Gasteiger partial charge in [0.15, 0.2) is 0 Å². The lowest BCUT2D eigenvalue weighted by Crippen LogP contribution is -2.55. The van der Waals surface area contributed by atoms with E-state index in [4.69, 9.17) is 4.74 Å². The molecule has 2 aliphatic carbocycles. The van der Waals surface area contributed by atoms with Crippen LogP contribution in [0.15, 0.2) is 47.3 Å². The molecule has 4 heterocycles. The average Bonchev–Trinajstić information content (AvgIpc) is 4.12. The molecule has 13 nitrogen and oxygen atoms in total. The van der Waals surface area contributed by atoms with E-state index in [9.17, 15) is 24.0 Å². The van der Waals surface area contributed by atoms with Crippen LogP contribution in [-0.2, 0) is 25.5 Å². The zero-order chi connectivity index (χ0) is 40.2. The maximum absolute atomic E-state index is 15.0. The largest absolute Gasteiger partial charge is 0.375 e. The maximum Gasteiger partial charge on any atom is 0.272 e. The second-order valence-corrected chi connectivity index (χ2v) is 17.0. The molecule has 3 aromatic rings. The van der Waals surface area contributed by atoms with Crippen LogP contribution in [0.2, 0.25) is 0 Å². The SMILES string of the molecule is O=C(N[C@@H](C(=O)N1CCC(OC2CCN(CC(=O)N3CCN(C(=O)c4cc(Cc5n[nH]c(=O)c6ccccc56)ccc4F)CC3)CC2)CC1)C1CCCCC1)C1CC1. The standard InChI is InChI=1S/C44H56FN7O6/c45-37-13-10-29(27-38-34-8-4-5-9-35(34)42(55)48-47-38)26-36(37)43(56)52-24-22-50(23-25-52)39(53)28-49-18-14-32(15-19-49)58-33-16-20-51(21-17-33)44(57)40(30-6-2-1-3-7-30)46-41(54)31-11-12-31/h4-5,8-10,13,26,30-33,40H,1-3,6-7,11-12,14-25,27-28H2,(H,46,54)(H,48,55)/t40-/m1/s1. The van der Waals surface area contributed by atoms with E-state index in [-0.39, 0.29) is 52.9 Å². The van der Waals surface area contributed by atoms with Crippen LogP contribution in [0.3, 0.4) is 0 Å². The number of hydrogen-bond acceptors (Lipinski definition) is 8. The van der Waals surface area contributed by atoms with E-state index in [1.54, 1.807) is 34.1 Å². The van der Waals surface area contributed by atoms with Gasteiger partial charge >= 0.3 is 0 Å². The lowest BCUT2D eigenvalue weighted by atomic mass is 9.83. The van der Waals surface area contributed by atoms with E-state index in [0.29, 0.717) is 74.3 Å². The Morgan fingerprint density at radius 1 is 0.776 bits per heavy atom. The number of nitrogens with zero attached hydrogens (tertiary/aromatic N) is 5. The highest BCUT2D eigenvalue weighted by atomic mass is 19.1. The number of amides is 4. The van der Waals surface area contributed by atoms with Crippen LogP contribution in [-0.4, -0.2) is 131 Å². The number of aromatic amines is 1. The summed E-state index contributed by atoms with van der Waals surface area (Å²) in [6.07, 6.45) is 11.1.